The van der Waals surface area contributed by atoms with Crippen LogP contribution in [-0.4, -0.2) is 16.8 Å². The summed E-state index contributed by atoms with van der Waals surface area (Å²) in [7, 11) is 0. The summed E-state index contributed by atoms with van der Waals surface area (Å²) in [5.41, 5.74) is 0.856. The molecule has 0 amide bonds. The number of benzene rings is 1. The molecule has 0 aromatic heterocycles. The monoisotopic (exact) mass is 237 g/mol. The van der Waals surface area contributed by atoms with Gasteiger partial charge in [-0.25, -0.2) is 0 Å². The van der Waals surface area contributed by atoms with Crippen molar-refractivity contribution in [3.8, 4) is 11.5 Å². The van der Waals surface area contributed by atoms with E-state index in [1.54, 1.807) is 18.2 Å². The highest BCUT2D eigenvalue weighted by molar-refractivity contribution is 5.44. The van der Waals surface area contributed by atoms with Crippen LogP contribution < -0.4 is 5.32 Å². The maximum absolute atomic E-state index is 9.72. The highest BCUT2D eigenvalue weighted by Gasteiger charge is 2.15. The first-order valence-electron chi connectivity index (χ1n) is 6.05. The zero-order valence-electron chi connectivity index (χ0n) is 11.1. The Bertz CT molecular complexity index is 349. The number of rotatable bonds is 4. The van der Waals surface area contributed by atoms with Crippen LogP contribution in [0.4, 0.5) is 0 Å². The van der Waals surface area contributed by atoms with Gasteiger partial charge in [-0.1, -0.05) is 26.8 Å². The van der Waals surface area contributed by atoms with Gasteiger partial charge >= 0.3 is 0 Å². The fourth-order valence-electron chi connectivity index (χ4n) is 1.75. The molecule has 0 aliphatic rings. The number of aromatic hydroxyl groups is 2. The minimum absolute atomic E-state index is 0.0569. The van der Waals surface area contributed by atoms with Crippen LogP contribution in [0.15, 0.2) is 18.2 Å². The van der Waals surface area contributed by atoms with Gasteiger partial charge < -0.3 is 15.5 Å². The lowest BCUT2D eigenvalue weighted by Crippen LogP contribution is -2.23. The van der Waals surface area contributed by atoms with Gasteiger partial charge in [0.05, 0.1) is 5.56 Å². The van der Waals surface area contributed by atoms with Crippen molar-refractivity contribution < 1.29 is 10.2 Å². The van der Waals surface area contributed by atoms with E-state index < -0.39 is 0 Å². The van der Waals surface area contributed by atoms with Crippen LogP contribution in [-0.2, 0) is 0 Å². The molecule has 1 unspecified atom stereocenters. The Morgan fingerprint density at radius 1 is 1.18 bits per heavy atom. The SMILES string of the molecule is CC(NCCC(C)(C)C)c1c(O)cccc1O. The molecule has 1 rings (SSSR count). The van der Waals surface area contributed by atoms with Gasteiger partial charge in [0.2, 0.25) is 0 Å². The predicted octanol–water partition coefficient (Wildman–Crippen LogP) is 3.18. The van der Waals surface area contributed by atoms with Crippen LogP contribution in [0.1, 0.15) is 45.7 Å². The maximum atomic E-state index is 9.72. The summed E-state index contributed by atoms with van der Waals surface area (Å²) in [4.78, 5) is 0. The number of nitrogens with one attached hydrogen (secondary N) is 1. The normalized spacial score (nSPS) is 13.6. The molecule has 0 saturated carbocycles. The van der Waals surface area contributed by atoms with Gasteiger partial charge in [0, 0.05) is 6.04 Å². The molecule has 1 atom stereocenters. The summed E-state index contributed by atoms with van der Waals surface area (Å²) >= 11 is 0. The van der Waals surface area contributed by atoms with Gasteiger partial charge in [-0.05, 0) is 37.4 Å². The molecule has 0 radical (unpaired) electrons. The summed E-state index contributed by atoms with van der Waals surface area (Å²) in [6.07, 6.45) is 1.05. The Hall–Kier alpha value is -1.22. The molecule has 0 saturated heterocycles. The fourth-order valence-corrected chi connectivity index (χ4v) is 1.75. The van der Waals surface area contributed by atoms with E-state index in [0.717, 1.165) is 13.0 Å². The molecular formula is C14H23NO2. The van der Waals surface area contributed by atoms with Crippen molar-refractivity contribution in [1.29, 1.82) is 0 Å². The van der Waals surface area contributed by atoms with Crippen molar-refractivity contribution >= 4 is 0 Å². The molecule has 0 spiro atoms. The molecule has 0 aliphatic heterocycles. The van der Waals surface area contributed by atoms with Crippen LogP contribution in [0.25, 0.3) is 0 Å². The summed E-state index contributed by atoms with van der Waals surface area (Å²) in [5.74, 6) is 0.279. The van der Waals surface area contributed by atoms with Crippen LogP contribution in [0, 0.1) is 5.41 Å². The topological polar surface area (TPSA) is 52.5 Å². The lowest BCUT2D eigenvalue weighted by atomic mass is 9.92. The predicted molar refractivity (Wildman–Crippen MR) is 70.3 cm³/mol. The van der Waals surface area contributed by atoms with E-state index in [-0.39, 0.29) is 23.0 Å². The van der Waals surface area contributed by atoms with Crippen molar-refractivity contribution in [2.75, 3.05) is 6.54 Å². The van der Waals surface area contributed by atoms with E-state index in [2.05, 4.69) is 26.1 Å². The standard InChI is InChI=1S/C14H23NO2/c1-10(15-9-8-14(2,3)4)13-11(16)6-5-7-12(13)17/h5-7,10,15-17H,8-9H2,1-4H3. The number of phenolic OH excluding ortho intramolecular Hbond substituents is 2. The minimum Gasteiger partial charge on any atom is -0.507 e. The molecule has 96 valence electrons. The van der Waals surface area contributed by atoms with Crippen LogP contribution >= 0.6 is 0 Å². The smallest absolute Gasteiger partial charge is 0.124 e. The number of hydrogen-bond donors (Lipinski definition) is 3. The van der Waals surface area contributed by atoms with E-state index in [4.69, 9.17) is 0 Å². The largest absolute Gasteiger partial charge is 0.507 e. The third kappa shape index (κ3) is 4.27. The Balaban J connectivity index is 2.61. The highest BCUT2D eigenvalue weighted by atomic mass is 16.3. The molecule has 1 aromatic rings. The number of hydrogen-bond acceptors (Lipinski definition) is 3. The van der Waals surface area contributed by atoms with Crippen molar-refractivity contribution in [2.45, 2.75) is 40.2 Å². The van der Waals surface area contributed by atoms with E-state index in [1.807, 2.05) is 6.92 Å². The van der Waals surface area contributed by atoms with Gasteiger partial charge in [-0.3, -0.25) is 0 Å². The first-order chi connectivity index (χ1) is 7.81. The minimum atomic E-state index is -0.0569. The van der Waals surface area contributed by atoms with E-state index in [9.17, 15) is 10.2 Å². The average Bonchev–Trinajstić information content (AvgIpc) is 2.15. The molecule has 1 aromatic carbocycles. The first-order valence-corrected chi connectivity index (χ1v) is 6.05. The molecule has 17 heavy (non-hydrogen) atoms. The lowest BCUT2D eigenvalue weighted by Gasteiger charge is -2.21. The summed E-state index contributed by atoms with van der Waals surface area (Å²) in [5, 5.41) is 22.8. The van der Waals surface area contributed by atoms with Crippen molar-refractivity contribution in [1.82, 2.24) is 5.32 Å². The quantitative estimate of drug-likeness (QED) is 0.754. The molecular weight excluding hydrogens is 214 g/mol. The van der Waals surface area contributed by atoms with Gasteiger partial charge in [0.25, 0.3) is 0 Å². The average molecular weight is 237 g/mol. The molecule has 3 heteroatoms. The van der Waals surface area contributed by atoms with Crippen LogP contribution in [0.2, 0.25) is 0 Å². The third-order valence-corrected chi connectivity index (χ3v) is 2.82. The molecule has 0 heterocycles. The Morgan fingerprint density at radius 2 is 1.71 bits per heavy atom. The first kappa shape index (κ1) is 13.8. The summed E-state index contributed by atoms with van der Waals surface area (Å²) in [6.45, 7) is 9.38. The molecule has 0 aliphatic carbocycles. The van der Waals surface area contributed by atoms with Crippen LogP contribution in [0.3, 0.4) is 0 Å². The van der Waals surface area contributed by atoms with Gasteiger partial charge in [-0.2, -0.15) is 0 Å². The zero-order chi connectivity index (χ0) is 13.1. The Morgan fingerprint density at radius 3 is 2.18 bits per heavy atom. The highest BCUT2D eigenvalue weighted by Crippen LogP contribution is 2.32. The summed E-state index contributed by atoms with van der Waals surface area (Å²) in [6, 6.07) is 4.77. The zero-order valence-corrected chi connectivity index (χ0v) is 11.1. The molecule has 0 bridgehead atoms. The van der Waals surface area contributed by atoms with Crippen molar-refractivity contribution in [3.05, 3.63) is 23.8 Å². The second kappa shape index (κ2) is 5.41. The lowest BCUT2D eigenvalue weighted by molar-refractivity contribution is 0.353. The molecule has 3 N–H and O–H groups in total. The Kier molecular flexibility index (Phi) is 4.40. The van der Waals surface area contributed by atoms with Crippen molar-refractivity contribution in [3.63, 3.8) is 0 Å². The van der Waals surface area contributed by atoms with Gasteiger partial charge in [0.1, 0.15) is 11.5 Å². The van der Waals surface area contributed by atoms with Crippen molar-refractivity contribution in [2.24, 2.45) is 5.41 Å². The molecule has 0 fully saturated rings. The maximum Gasteiger partial charge on any atom is 0.124 e. The molecule has 3 nitrogen and oxygen atoms in total. The van der Waals surface area contributed by atoms with E-state index in [0.29, 0.717) is 5.56 Å². The summed E-state index contributed by atoms with van der Waals surface area (Å²) < 4.78 is 0. The second-order valence-corrected chi connectivity index (χ2v) is 5.70. The Labute approximate surface area is 103 Å². The van der Waals surface area contributed by atoms with Gasteiger partial charge in [-0.15, -0.1) is 0 Å². The van der Waals surface area contributed by atoms with E-state index >= 15 is 0 Å². The van der Waals surface area contributed by atoms with Crippen LogP contribution in [0.5, 0.6) is 11.5 Å². The fraction of sp³-hybridized carbons (Fsp3) is 0.571. The second-order valence-electron chi connectivity index (χ2n) is 5.70. The third-order valence-electron chi connectivity index (χ3n) is 2.82. The van der Waals surface area contributed by atoms with E-state index in [1.165, 1.54) is 0 Å². The number of phenols is 2. The van der Waals surface area contributed by atoms with Gasteiger partial charge in [0.15, 0.2) is 0 Å².